The van der Waals surface area contributed by atoms with Gasteiger partial charge in [-0.15, -0.1) is 0 Å². The van der Waals surface area contributed by atoms with Crippen LogP contribution in [0, 0.1) is 0 Å². The molecule has 0 bridgehead atoms. The average Bonchev–Trinajstić information content (AvgIpc) is 2.75. The van der Waals surface area contributed by atoms with Crippen molar-refractivity contribution in [1.82, 2.24) is 10.2 Å². The average molecular weight is 200 g/mol. The first-order valence-corrected chi connectivity index (χ1v) is 5.73. The lowest BCUT2D eigenvalue weighted by molar-refractivity contribution is 0.258. The molecule has 1 heterocycles. The molecule has 14 heavy (non-hydrogen) atoms. The molecular weight excluding hydrogens is 179 g/mol. The zero-order chi connectivity index (χ0) is 10.2. The summed E-state index contributed by atoms with van der Waals surface area (Å²) in [6.45, 7) is 6.52. The van der Waals surface area contributed by atoms with Crippen LogP contribution < -0.4 is 5.32 Å². The Labute approximate surface area is 85.9 Å². The molecule has 3 heteroatoms. The Bertz CT molecular complexity index is 201. The minimum absolute atomic E-state index is 0.113. The molecule has 1 unspecified atom stereocenters. The molecule has 82 valence electrons. The molecule has 1 atom stereocenters. The lowest BCUT2D eigenvalue weighted by Gasteiger charge is -2.22. The normalized spacial score (nSPS) is 31.3. The van der Waals surface area contributed by atoms with Gasteiger partial charge in [-0.1, -0.05) is 0 Å². The van der Waals surface area contributed by atoms with Crippen molar-refractivity contribution in [1.29, 1.82) is 0 Å². The number of alkyl halides is 1. The number of likely N-dealkylation sites (tertiary alicyclic amines) is 1. The number of hydrogen-bond donors (Lipinski definition) is 1. The van der Waals surface area contributed by atoms with Crippen molar-refractivity contribution in [2.24, 2.45) is 0 Å². The molecule has 1 aliphatic carbocycles. The van der Waals surface area contributed by atoms with Crippen molar-refractivity contribution in [2.45, 2.75) is 50.7 Å². The van der Waals surface area contributed by atoms with Gasteiger partial charge >= 0.3 is 0 Å². The Morgan fingerprint density at radius 2 is 2.21 bits per heavy atom. The molecule has 1 aliphatic heterocycles. The van der Waals surface area contributed by atoms with E-state index in [1.54, 1.807) is 0 Å². The van der Waals surface area contributed by atoms with Gasteiger partial charge in [-0.3, -0.25) is 4.90 Å². The standard InChI is InChI=1S/C11H21FN2/c1-9(2)14-6-3-10(7-14)13-11(8-12)4-5-11/h9-10,13H,3-8H2,1-2H3. The molecule has 2 fully saturated rings. The minimum atomic E-state index is -0.189. The molecule has 0 radical (unpaired) electrons. The first-order chi connectivity index (χ1) is 6.65. The van der Waals surface area contributed by atoms with E-state index in [0.717, 1.165) is 25.9 Å². The Balaban J connectivity index is 1.79. The number of nitrogens with one attached hydrogen (secondary N) is 1. The highest BCUT2D eigenvalue weighted by atomic mass is 19.1. The van der Waals surface area contributed by atoms with E-state index in [9.17, 15) is 4.39 Å². The second kappa shape index (κ2) is 3.78. The van der Waals surface area contributed by atoms with E-state index in [0.29, 0.717) is 12.1 Å². The summed E-state index contributed by atoms with van der Waals surface area (Å²) in [5, 5.41) is 3.48. The first kappa shape index (κ1) is 10.4. The molecule has 2 nitrogen and oxygen atoms in total. The summed E-state index contributed by atoms with van der Waals surface area (Å²) in [5.41, 5.74) is -0.113. The molecule has 2 aliphatic rings. The maximum atomic E-state index is 12.7. The number of halogens is 1. The second-order valence-electron chi connectivity index (χ2n) is 5.13. The van der Waals surface area contributed by atoms with Gasteiger partial charge in [0.1, 0.15) is 6.67 Å². The number of rotatable bonds is 4. The zero-order valence-electron chi connectivity index (χ0n) is 9.22. The molecule has 1 saturated carbocycles. The molecule has 0 aromatic heterocycles. The van der Waals surface area contributed by atoms with Crippen LogP contribution in [0.25, 0.3) is 0 Å². The van der Waals surface area contributed by atoms with Crippen molar-refractivity contribution >= 4 is 0 Å². The predicted octanol–water partition coefficient (Wildman–Crippen LogP) is 1.56. The van der Waals surface area contributed by atoms with Crippen LogP contribution in [0.4, 0.5) is 4.39 Å². The Kier molecular flexibility index (Phi) is 2.80. The Morgan fingerprint density at radius 1 is 1.50 bits per heavy atom. The summed E-state index contributed by atoms with van der Waals surface area (Å²) >= 11 is 0. The summed E-state index contributed by atoms with van der Waals surface area (Å²) < 4.78 is 12.7. The monoisotopic (exact) mass is 200 g/mol. The van der Waals surface area contributed by atoms with E-state index in [-0.39, 0.29) is 12.2 Å². The number of hydrogen-bond acceptors (Lipinski definition) is 2. The maximum Gasteiger partial charge on any atom is 0.108 e. The van der Waals surface area contributed by atoms with Gasteiger partial charge in [0.15, 0.2) is 0 Å². The molecule has 1 saturated heterocycles. The SMILES string of the molecule is CC(C)N1CCC(NC2(CF)CC2)C1. The van der Waals surface area contributed by atoms with Gasteiger partial charge in [0.05, 0.1) is 0 Å². The van der Waals surface area contributed by atoms with E-state index in [1.165, 1.54) is 6.42 Å². The predicted molar refractivity (Wildman–Crippen MR) is 56.2 cm³/mol. The van der Waals surface area contributed by atoms with Crippen molar-refractivity contribution < 1.29 is 4.39 Å². The smallest absolute Gasteiger partial charge is 0.108 e. The molecule has 0 amide bonds. The molecule has 2 rings (SSSR count). The highest BCUT2D eigenvalue weighted by Crippen LogP contribution is 2.36. The van der Waals surface area contributed by atoms with Crippen LogP contribution >= 0.6 is 0 Å². The van der Waals surface area contributed by atoms with Gasteiger partial charge in [0, 0.05) is 24.2 Å². The minimum Gasteiger partial charge on any atom is -0.305 e. The lowest BCUT2D eigenvalue weighted by Crippen LogP contribution is -2.43. The topological polar surface area (TPSA) is 15.3 Å². The molecule has 0 spiro atoms. The van der Waals surface area contributed by atoms with E-state index >= 15 is 0 Å². The number of nitrogens with zero attached hydrogens (tertiary/aromatic N) is 1. The van der Waals surface area contributed by atoms with E-state index < -0.39 is 0 Å². The van der Waals surface area contributed by atoms with Crippen LogP contribution in [-0.2, 0) is 0 Å². The fraction of sp³-hybridized carbons (Fsp3) is 1.00. The van der Waals surface area contributed by atoms with Crippen molar-refractivity contribution in [3.8, 4) is 0 Å². The van der Waals surface area contributed by atoms with Gasteiger partial charge in [0.25, 0.3) is 0 Å². The van der Waals surface area contributed by atoms with Crippen LogP contribution in [0.5, 0.6) is 0 Å². The summed E-state index contributed by atoms with van der Waals surface area (Å²) in [7, 11) is 0. The fourth-order valence-corrected chi connectivity index (χ4v) is 2.27. The van der Waals surface area contributed by atoms with Crippen LogP contribution in [0.1, 0.15) is 33.1 Å². The fourth-order valence-electron chi connectivity index (χ4n) is 2.27. The summed E-state index contributed by atoms with van der Waals surface area (Å²) in [6, 6.07) is 1.15. The van der Waals surface area contributed by atoms with Gasteiger partial charge < -0.3 is 5.32 Å². The third kappa shape index (κ3) is 2.09. The van der Waals surface area contributed by atoms with E-state index in [1.807, 2.05) is 0 Å². The summed E-state index contributed by atoms with van der Waals surface area (Å²) in [5.74, 6) is 0. The Morgan fingerprint density at radius 3 is 2.64 bits per heavy atom. The third-order valence-corrected chi connectivity index (χ3v) is 3.57. The largest absolute Gasteiger partial charge is 0.305 e. The quantitative estimate of drug-likeness (QED) is 0.741. The zero-order valence-corrected chi connectivity index (χ0v) is 9.22. The lowest BCUT2D eigenvalue weighted by atomic mass is 10.2. The summed E-state index contributed by atoms with van der Waals surface area (Å²) in [6.07, 6.45) is 3.24. The Hall–Kier alpha value is -0.150. The summed E-state index contributed by atoms with van der Waals surface area (Å²) in [4.78, 5) is 2.46. The van der Waals surface area contributed by atoms with Crippen LogP contribution in [0.15, 0.2) is 0 Å². The van der Waals surface area contributed by atoms with E-state index in [4.69, 9.17) is 0 Å². The van der Waals surface area contributed by atoms with Gasteiger partial charge in [-0.2, -0.15) is 0 Å². The van der Waals surface area contributed by atoms with Gasteiger partial charge in [0.2, 0.25) is 0 Å². The van der Waals surface area contributed by atoms with E-state index in [2.05, 4.69) is 24.1 Å². The first-order valence-electron chi connectivity index (χ1n) is 5.73. The molecule has 1 N–H and O–H groups in total. The third-order valence-electron chi connectivity index (χ3n) is 3.57. The van der Waals surface area contributed by atoms with Crippen LogP contribution in [0.3, 0.4) is 0 Å². The van der Waals surface area contributed by atoms with Crippen LogP contribution in [0.2, 0.25) is 0 Å². The van der Waals surface area contributed by atoms with Gasteiger partial charge in [-0.25, -0.2) is 4.39 Å². The molecular formula is C11H21FN2. The maximum absolute atomic E-state index is 12.7. The second-order valence-corrected chi connectivity index (χ2v) is 5.13. The van der Waals surface area contributed by atoms with Crippen LogP contribution in [-0.4, -0.2) is 42.3 Å². The van der Waals surface area contributed by atoms with Crippen molar-refractivity contribution in [3.05, 3.63) is 0 Å². The van der Waals surface area contributed by atoms with Gasteiger partial charge in [-0.05, 0) is 39.7 Å². The van der Waals surface area contributed by atoms with Crippen molar-refractivity contribution in [2.75, 3.05) is 19.8 Å². The highest BCUT2D eigenvalue weighted by molar-refractivity contribution is 5.04. The van der Waals surface area contributed by atoms with Crippen molar-refractivity contribution in [3.63, 3.8) is 0 Å². The molecule has 0 aromatic carbocycles. The highest BCUT2D eigenvalue weighted by Gasteiger charge is 2.45. The molecule has 0 aromatic rings.